The summed E-state index contributed by atoms with van der Waals surface area (Å²) < 4.78 is 0. The predicted molar refractivity (Wildman–Crippen MR) is 107 cm³/mol. The maximum Gasteiger partial charge on any atom is 0.272 e. The molecular weight excluding hydrogens is 356 g/mol. The number of aliphatic hydroxyl groups excluding tert-OH is 1. The van der Waals surface area contributed by atoms with Crippen molar-refractivity contribution in [3.05, 3.63) is 69.8 Å². The van der Waals surface area contributed by atoms with Gasteiger partial charge in [0.25, 0.3) is 11.8 Å². The molecule has 0 saturated heterocycles. The standard InChI is InChI=1S/C22H26N2O4/c1-14-8-15(2)10-18(9-14)21(28)24(22(3,4)5)23-20(27)16-6-7-17(12-25)19(11-16)13-26/h6-11,13,25H,12H2,1-5H3,(H,23,27). The number of hydrogen-bond acceptors (Lipinski definition) is 4. The normalized spacial score (nSPS) is 11.1. The van der Waals surface area contributed by atoms with Crippen LogP contribution in [-0.2, 0) is 6.61 Å². The van der Waals surface area contributed by atoms with E-state index in [2.05, 4.69) is 5.43 Å². The fourth-order valence-corrected chi connectivity index (χ4v) is 2.91. The van der Waals surface area contributed by atoms with Gasteiger partial charge < -0.3 is 5.11 Å². The Morgan fingerprint density at radius 2 is 1.64 bits per heavy atom. The number of hydrazine groups is 1. The Hall–Kier alpha value is -2.99. The lowest BCUT2D eigenvalue weighted by Gasteiger charge is -2.35. The number of benzene rings is 2. The number of rotatable bonds is 4. The molecule has 0 aliphatic carbocycles. The van der Waals surface area contributed by atoms with E-state index < -0.39 is 11.4 Å². The quantitative estimate of drug-likeness (QED) is 0.628. The summed E-state index contributed by atoms with van der Waals surface area (Å²) in [6.07, 6.45) is 0.588. The third-order valence-corrected chi connectivity index (χ3v) is 4.26. The van der Waals surface area contributed by atoms with Crippen molar-refractivity contribution in [2.45, 2.75) is 46.8 Å². The van der Waals surface area contributed by atoms with Crippen LogP contribution in [-0.4, -0.2) is 33.8 Å². The summed E-state index contributed by atoms with van der Waals surface area (Å²) in [4.78, 5) is 37.1. The van der Waals surface area contributed by atoms with Gasteiger partial charge in [-0.25, -0.2) is 5.01 Å². The van der Waals surface area contributed by atoms with Gasteiger partial charge in [-0.15, -0.1) is 0 Å². The number of nitrogens with zero attached hydrogens (tertiary/aromatic N) is 1. The lowest BCUT2D eigenvalue weighted by atomic mass is 10.0. The number of hydrogen-bond donors (Lipinski definition) is 2. The van der Waals surface area contributed by atoms with Crippen LogP contribution >= 0.6 is 0 Å². The Bertz CT molecular complexity index is 893. The number of nitrogens with one attached hydrogen (secondary N) is 1. The monoisotopic (exact) mass is 382 g/mol. The summed E-state index contributed by atoms with van der Waals surface area (Å²) in [6.45, 7) is 8.98. The summed E-state index contributed by atoms with van der Waals surface area (Å²) in [7, 11) is 0. The maximum atomic E-state index is 13.1. The molecule has 0 bridgehead atoms. The molecule has 2 N–H and O–H groups in total. The zero-order valence-electron chi connectivity index (χ0n) is 16.9. The topological polar surface area (TPSA) is 86.7 Å². The molecule has 2 aromatic rings. The molecule has 0 aliphatic heterocycles. The van der Waals surface area contributed by atoms with Crippen molar-refractivity contribution in [2.75, 3.05) is 0 Å². The summed E-state index contributed by atoms with van der Waals surface area (Å²) in [6, 6.07) is 9.96. The molecule has 0 fully saturated rings. The number of carbonyl (C=O) groups is 3. The minimum Gasteiger partial charge on any atom is -0.392 e. The van der Waals surface area contributed by atoms with Crippen LogP contribution in [0.2, 0.25) is 0 Å². The van der Waals surface area contributed by atoms with Gasteiger partial charge in [0.15, 0.2) is 0 Å². The first kappa shape index (κ1) is 21.3. The van der Waals surface area contributed by atoms with Gasteiger partial charge in [-0.2, -0.15) is 0 Å². The molecule has 2 rings (SSSR count). The first-order valence-corrected chi connectivity index (χ1v) is 8.99. The summed E-state index contributed by atoms with van der Waals surface area (Å²) in [5, 5.41) is 10.6. The van der Waals surface area contributed by atoms with Gasteiger partial charge in [-0.1, -0.05) is 23.3 Å². The average Bonchev–Trinajstić information content (AvgIpc) is 2.63. The van der Waals surface area contributed by atoms with Crippen molar-refractivity contribution in [3.8, 4) is 0 Å². The van der Waals surface area contributed by atoms with Crippen LogP contribution in [0.3, 0.4) is 0 Å². The van der Waals surface area contributed by atoms with E-state index in [0.717, 1.165) is 11.1 Å². The van der Waals surface area contributed by atoms with Crippen LogP contribution in [0.25, 0.3) is 0 Å². The van der Waals surface area contributed by atoms with Gasteiger partial charge in [0.1, 0.15) is 6.29 Å². The summed E-state index contributed by atoms with van der Waals surface area (Å²) >= 11 is 0. The fraction of sp³-hybridized carbons (Fsp3) is 0.318. The molecule has 0 radical (unpaired) electrons. The van der Waals surface area contributed by atoms with Gasteiger partial charge in [-0.3, -0.25) is 19.8 Å². The van der Waals surface area contributed by atoms with Crippen LogP contribution in [0.5, 0.6) is 0 Å². The van der Waals surface area contributed by atoms with Crippen molar-refractivity contribution in [3.63, 3.8) is 0 Å². The highest BCUT2D eigenvalue weighted by Gasteiger charge is 2.30. The average molecular weight is 382 g/mol. The molecule has 2 aromatic carbocycles. The highest BCUT2D eigenvalue weighted by Crippen LogP contribution is 2.18. The molecule has 0 unspecified atom stereocenters. The third-order valence-electron chi connectivity index (χ3n) is 4.26. The second kappa shape index (κ2) is 8.35. The smallest absolute Gasteiger partial charge is 0.272 e. The summed E-state index contributed by atoms with van der Waals surface area (Å²) in [5.74, 6) is -0.838. The number of aldehydes is 1. The van der Waals surface area contributed by atoms with Gasteiger partial charge in [-0.05, 0) is 64.4 Å². The molecule has 0 saturated carbocycles. The largest absolute Gasteiger partial charge is 0.392 e. The zero-order valence-corrected chi connectivity index (χ0v) is 16.9. The van der Waals surface area contributed by atoms with Crippen molar-refractivity contribution in [2.24, 2.45) is 0 Å². The van der Waals surface area contributed by atoms with E-state index in [9.17, 15) is 19.5 Å². The zero-order chi connectivity index (χ0) is 21.1. The van der Waals surface area contributed by atoms with Crippen molar-refractivity contribution in [1.29, 1.82) is 0 Å². The Balaban J connectivity index is 2.36. The van der Waals surface area contributed by atoms with Crippen LogP contribution in [0, 0.1) is 13.8 Å². The third kappa shape index (κ3) is 4.84. The second-order valence-electron chi connectivity index (χ2n) is 7.82. The molecule has 148 valence electrons. The predicted octanol–water partition coefficient (Wildman–Crippen LogP) is 3.19. The second-order valence-corrected chi connectivity index (χ2v) is 7.82. The van der Waals surface area contributed by atoms with Crippen molar-refractivity contribution < 1.29 is 19.5 Å². The van der Waals surface area contributed by atoms with Crippen LogP contribution in [0.15, 0.2) is 36.4 Å². The molecule has 0 aromatic heterocycles. The van der Waals surface area contributed by atoms with E-state index >= 15 is 0 Å². The molecule has 0 aliphatic rings. The Labute approximate surface area is 165 Å². The van der Waals surface area contributed by atoms with Gasteiger partial charge in [0, 0.05) is 16.7 Å². The van der Waals surface area contributed by atoms with Crippen LogP contribution in [0.4, 0.5) is 0 Å². The van der Waals surface area contributed by atoms with Gasteiger partial charge in [0.05, 0.1) is 12.1 Å². The van der Waals surface area contributed by atoms with Gasteiger partial charge in [0.2, 0.25) is 0 Å². The lowest BCUT2D eigenvalue weighted by molar-refractivity contribution is 0.0358. The van der Waals surface area contributed by atoms with E-state index in [4.69, 9.17) is 0 Å². The number of carbonyl (C=O) groups excluding carboxylic acids is 3. The molecule has 0 spiro atoms. The number of aliphatic hydroxyl groups is 1. The van der Waals surface area contributed by atoms with Crippen LogP contribution < -0.4 is 5.43 Å². The van der Waals surface area contributed by atoms with Crippen molar-refractivity contribution in [1.82, 2.24) is 10.4 Å². The van der Waals surface area contributed by atoms with E-state index in [1.165, 1.54) is 23.2 Å². The fourth-order valence-electron chi connectivity index (χ4n) is 2.91. The minimum absolute atomic E-state index is 0.224. The molecule has 28 heavy (non-hydrogen) atoms. The Morgan fingerprint density at radius 1 is 1.04 bits per heavy atom. The van der Waals surface area contributed by atoms with E-state index in [0.29, 0.717) is 17.4 Å². The van der Waals surface area contributed by atoms with Crippen molar-refractivity contribution >= 4 is 18.1 Å². The maximum absolute atomic E-state index is 13.1. The molecule has 6 heteroatoms. The Morgan fingerprint density at radius 3 is 2.14 bits per heavy atom. The SMILES string of the molecule is Cc1cc(C)cc(C(=O)N(NC(=O)c2ccc(CO)c(C=O)c2)C(C)(C)C)c1. The minimum atomic E-state index is -0.678. The first-order valence-electron chi connectivity index (χ1n) is 8.99. The Kier molecular flexibility index (Phi) is 6.36. The molecular formula is C22H26N2O4. The molecule has 0 heterocycles. The van der Waals surface area contributed by atoms with E-state index in [1.54, 1.807) is 12.1 Å². The summed E-state index contributed by atoms with van der Waals surface area (Å²) in [5.41, 5.74) is 5.28. The van der Waals surface area contributed by atoms with Gasteiger partial charge >= 0.3 is 0 Å². The molecule has 6 nitrogen and oxygen atoms in total. The van der Waals surface area contributed by atoms with E-state index in [1.807, 2.05) is 40.7 Å². The number of amides is 2. The molecule has 0 atom stereocenters. The first-order chi connectivity index (χ1) is 13.1. The molecule has 2 amide bonds. The van der Waals surface area contributed by atoms with Crippen LogP contribution in [0.1, 0.15) is 68.5 Å². The van der Waals surface area contributed by atoms with E-state index in [-0.39, 0.29) is 23.6 Å². The highest BCUT2D eigenvalue weighted by atomic mass is 16.3. The highest BCUT2D eigenvalue weighted by molar-refractivity contribution is 6.00. The number of aryl methyl sites for hydroxylation is 2. The lowest BCUT2D eigenvalue weighted by Crippen LogP contribution is -2.55.